The maximum absolute atomic E-state index is 12.0. The molecule has 2 rings (SSSR count). The lowest BCUT2D eigenvalue weighted by atomic mass is 10.0. The van der Waals surface area contributed by atoms with Gasteiger partial charge in [0.2, 0.25) is 5.09 Å². The predicted molar refractivity (Wildman–Crippen MR) is 65.0 cm³/mol. The largest absolute Gasteiger partial charge is 0.446 e. The van der Waals surface area contributed by atoms with Gasteiger partial charge in [0.15, 0.2) is 0 Å². The first kappa shape index (κ1) is 14.5. The van der Waals surface area contributed by atoms with Gasteiger partial charge in [0.1, 0.15) is 18.0 Å². The number of nitrogens with one attached hydrogen (secondary N) is 1. The first-order valence-corrected chi connectivity index (χ1v) is 7.32. The van der Waals surface area contributed by atoms with Crippen LogP contribution in [0, 0.1) is 0 Å². The van der Waals surface area contributed by atoms with Crippen LogP contribution in [0.1, 0.15) is 12.2 Å². The van der Waals surface area contributed by atoms with Crippen molar-refractivity contribution < 1.29 is 27.4 Å². The standard InChI is InChI=1S/C11H17NO6S/c1-16-11(4-5-17-8-11)7-12-19(14,15)10-3-2-9(6-13)18-10/h2-3,12-13H,4-8H2,1H3. The van der Waals surface area contributed by atoms with Crippen LogP contribution in [-0.2, 0) is 26.1 Å². The Morgan fingerprint density at radius 3 is 2.84 bits per heavy atom. The zero-order valence-corrected chi connectivity index (χ0v) is 11.4. The number of sulfonamides is 1. The summed E-state index contributed by atoms with van der Waals surface area (Å²) in [6.45, 7) is 0.670. The molecule has 0 amide bonds. The van der Waals surface area contributed by atoms with Gasteiger partial charge < -0.3 is 19.0 Å². The molecule has 1 unspecified atom stereocenters. The Labute approximate surface area is 111 Å². The van der Waals surface area contributed by atoms with Crippen molar-refractivity contribution in [3.05, 3.63) is 17.9 Å². The summed E-state index contributed by atoms with van der Waals surface area (Å²) in [5.41, 5.74) is -0.626. The molecule has 1 fully saturated rings. The van der Waals surface area contributed by atoms with E-state index in [2.05, 4.69) is 4.72 Å². The highest BCUT2D eigenvalue weighted by Crippen LogP contribution is 2.22. The number of ether oxygens (including phenoxy) is 2. The zero-order valence-electron chi connectivity index (χ0n) is 10.6. The Morgan fingerprint density at radius 1 is 1.53 bits per heavy atom. The average Bonchev–Trinajstić information content (AvgIpc) is 3.06. The first-order valence-electron chi connectivity index (χ1n) is 5.83. The molecule has 0 bridgehead atoms. The zero-order chi connectivity index (χ0) is 13.9. The molecule has 1 aromatic rings. The summed E-state index contributed by atoms with van der Waals surface area (Å²) < 4.78 is 42.0. The van der Waals surface area contributed by atoms with Crippen LogP contribution in [0.2, 0.25) is 0 Å². The summed E-state index contributed by atoms with van der Waals surface area (Å²) in [4.78, 5) is 0. The van der Waals surface area contributed by atoms with Gasteiger partial charge in [-0.3, -0.25) is 0 Å². The van der Waals surface area contributed by atoms with Gasteiger partial charge in [-0.25, -0.2) is 13.1 Å². The Morgan fingerprint density at radius 2 is 2.32 bits per heavy atom. The second-order valence-electron chi connectivity index (χ2n) is 4.39. The van der Waals surface area contributed by atoms with Crippen LogP contribution < -0.4 is 4.72 Å². The second-order valence-corrected chi connectivity index (χ2v) is 6.09. The highest BCUT2D eigenvalue weighted by molar-refractivity contribution is 7.89. The summed E-state index contributed by atoms with van der Waals surface area (Å²) >= 11 is 0. The summed E-state index contributed by atoms with van der Waals surface area (Å²) in [7, 11) is -2.22. The Balaban J connectivity index is 2.05. The van der Waals surface area contributed by atoms with Crippen LogP contribution in [0.3, 0.4) is 0 Å². The van der Waals surface area contributed by atoms with Gasteiger partial charge in [0.25, 0.3) is 10.0 Å². The van der Waals surface area contributed by atoms with E-state index in [0.717, 1.165) is 0 Å². The van der Waals surface area contributed by atoms with Gasteiger partial charge >= 0.3 is 0 Å². The lowest BCUT2D eigenvalue weighted by molar-refractivity contribution is -0.0121. The molecular weight excluding hydrogens is 274 g/mol. The number of hydrogen-bond acceptors (Lipinski definition) is 6. The quantitative estimate of drug-likeness (QED) is 0.757. The molecule has 1 atom stereocenters. The molecule has 7 nitrogen and oxygen atoms in total. The molecule has 8 heteroatoms. The molecule has 0 aliphatic carbocycles. The number of rotatable bonds is 6. The molecule has 0 spiro atoms. The fraction of sp³-hybridized carbons (Fsp3) is 0.636. The van der Waals surface area contributed by atoms with E-state index in [-0.39, 0.29) is 24.0 Å². The van der Waals surface area contributed by atoms with Crippen molar-refractivity contribution in [2.45, 2.75) is 23.7 Å². The third-order valence-corrected chi connectivity index (χ3v) is 4.42. The van der Waals surface area contributed by atoms with E-state index in [4.69, 9.17) is 19.0 Å². The Bertz CT molecular complexity index is 517. The summed E-state index contributed by atoms with van der Waals surface area (Å²) in [6, 6.07) is 2.72. The van der Waals surface area contributed by atoms with Gasteiger partial charge in [-0.2, -0.15) is 0 Å². The maximum Gasteiger partial charge on any atom is 0.274 e. The summed E-state index contributed by atoms with van der Waals surface area (Å²) in [5.74, 6) is 0.200. The minimum atomic E-state index is -3.75. The predicted octanol–water partition coefficient (Wildman–Crippen LogP) is -0.144. The van der Waals surface area contributed by atoms with Crippen molar-refractivity contribution in [1.82, 2.24) is 4.72 Å². The van der Waals surface area contributed by atoms with E-state index < -0.39 is 15.6 Å². The van der Waals surface area contributed by atoms with Crippen molar-refractivity contribution in [1.29, 1.82) is 0 Å². The Kier molecular flexibility index (Phi) is 4.26. The highest BCUT2D eigenvalue weighted by Gasteiger charge is 2.36. The smallest absolute Gasteiger partial charge is 0.274 e. The number of aliphatic hydroxyl groups is 1. The molecular formula is C11H17NO6S. The van der Waals surface area contributed by atoms with Gasteiger partial charge in [-0.1, -0.05) is 0 Å². The minimum absolute atomic E-state index is 0.112. The van der Waals surface area contributed by atoms with Crippen LogP contribution in [0.4, 0.5) is 0 Å². The van der Waals surface area contributed by atoms with Crippen LogP contribution in [0.15, 0.2) is 21.6 Å². The minimum Gasteiger partial charge on any atom is -0.446 e. The molecule has 2 N–H and O–H groups in total. The van der Waals surface area contributed by atoms with E-state index in [9.17, 15) is 8.42 Å². The lowest BCUT2D eigenvalue weighted by Crippen LogP contribution is -2.44. The molecule has 0 aromatic carbocycles. The van der Waals surface area contributed by atoms with Crippen LogP contribution in [0.5, 0.6) is 0 Å². The van der Waals surface area contributed by atoms with Crippen molar-refractivity contribution in [3.8, 4) is 0 Å². The lowest BCUT2D eigenvalue weighted by Gasteiger charge is -2.25. The SMILES string of the molecule is COC1(CNS(=O)(=O)c2ccc(CO)o2)CCOC1. The molecule has 1 aliphatic heterocycles. The monoisotopic (exact) mass is 291 g/mol. The third kappa shape index (κ3) is 3.15. The number of aliphatic hydroxyl groups excluding tert-OH is 1. The van der Waals surface area contributed by atoms with Crippen molar-refractivity contribution >= 4 is 10.0 Å². The van der Waals surface area contributed by atoms with E-state index in [0.29, 0.717) is 19.6 Å². The maximum atomic E-state index is 12.0. The fourth-order valence-electron chi connectivity index (χ4n) is 1.85. The average molecular weight is 291 g/mol. The highest BCUT2D eigenvalue weighted by atomic mass is 32.2. The molecule has 1 aliphatic rings. The molecule has 1 aromatic heterocycles. The molecule has 19 heavy (non-hydrogen) atoms. The summed E-state index contributed by atoms with van der Waals surface area (Å²) in [6.07, 6.45) is 0.631. The van der Waals surface area contributed by atoms with Crippen molar-refractivity contribution in [2.24, 2.45) is 0 Å². The normalized spacial score (nSPS) is 23.9. The topological polar surface area (TPSA) is 98.0 Å². The van der Waals surface area contributed by atoms with E-state index in [1.807, 2.05) is 0 Å². The van der Waals surface area contributed by atoms with E-state index in [1.54, 1.807) is 0 Å². The van der Waals surface area contributed by atoms with Gasteiger partial charge in [-0.15, -0.1) is 0 Å². The molecule has 108 valence electrons. The molecule has 1 saturated heterocycles. The van der Waals surface area contributed by atoms with Crippen molar-refractivity contribution in [2.75, 3.05) is 26.9 Å². The van der Waals surface area contributed by atoms with E-state index >= 15 is 0 Å². The third-order valence-electron chi connectivity index (χ3n) is 3.14. The van der Waals surface area contributed by atoms with Gasteiger partial charge in [0.05, 0.1) is 6.61 Å². The molecule has 2 heterocycles. The second kappa shape index (κ2) is 5.59. The van der Waals surface area contributed by atoms with Crippen LogP contribution in [-0.4, -0.2) is 46.0 Å². The van der Waals surface area contributed by atoms with Crippen LogP contribution in [0.25, 0.3) is 0 Å². The molecule has 0 radical (unpaired) electrons. The fourth-order valence-corrected chi connectivity index (χ4v) is 2.91. The van der Waals surface area contributed by atoms with E-state index in [1.165, 1.54) is 19.2 Å². The molecule has 0 saturated carbocycles. The first-order chi connectivity index (χ1) is 9.01. The van der Waals surface area contributed by atoms with Gasteiger partial charge in [-0.05, 0) is 12.1 Å². The number of furan rings is 1. The summed E-state index contributed by atoms with van der Waals surface area (Å²) in [5, 5.41) is 8.63. The van der Waals surface area contributed by atoms with Gasteiger partial charge in [0, 0.05) is 26.7 Å². The van der Waals surface area contributed by atoms with Crippen LogP contribution >= 0.6 is 0 Å². The number of methoxy groups -OCH3 is 1. The number of hydrogen-bond donors (Lipinski definition) is 2. The van der Waals surface area contributed by atoms with Crippen molar-refractivity contribution in [3.63, 3.8) is 0 Å². The Hall–Kier alpha value is -0.930.